The molecule has 4 nitrogen and oxygen atoms in total. The number of nitrogens with one attached hydrogen (secondary N) is 3. The Bertz CT molecular complexity index is 761. The van der Waals surface area contributed by atoms with Crippen LogP contribution >= 0.6 is 23.8 Å². The smallest absolute Gasteiger partial charge is 0.269 e. The standard InChI is InChI=1S/C18H18ClN3OS/c19-15-7-9-16(10-8-15)20-18(24)22-21-17(23)14-6-5-12-3-1-2-4-13(12)11-14/h5-11H,1-4H2,(H,21,23)(H2,20,22,24). The van der Waals surface area contributed by atoms with E-state index in [-0.39, 0.29) is 5.91 Å². The summed E-state index contributed by atoms with van der Waals surface area (Å²) in [6.07, 6.45) is 4.56. The van der Waals surface area contributed by atoms with Crippen molar-refractivity contribution in [3.63, 3.8) is 0 Å². The Kier molecular flexibility index (Phi) is 5.33. The van der Waals surface area contributed by atoms with Gasteiger partial charge in [-0.15, -0.1) is 0 Å². The van der Waals surface area contributed by atoms with E-state index in [2.05, 4.69) is 16.2 Å². The Balaban J connectivity index is 1.55. The number of amides is 1. The van der Waals surface area contributed by atoms with Crippen molar-refractivity contribution in [3.05, 3.63) is 64.2 Å². The third-order valence-electron chi connectivity index (χ3n) is 4.00. The molecule has 0 saturated heterocycles. The number of hydrazine groups is 1. The average Bonchev–Trinajstić information content (AvgIpc) is 2.61. The van der Waals surface area contributed by atoms with Gasteiger partial charge in [0.1, 0.15) is 0 Å². The summed E-state index contributed by atoms with van der Waals surface area (Å²) in [6, 6.07) is 13.0. The van der Waals surface area contributed by atoms with Gasteiger partial charge in [0.05, 0.1) is 0 Å². The number of thiocarbonyl (C=S) groups is 1. The molecule has 0 unspecified atom stereocenters. The number of aryl methyl sites for hydroxylation is 2. The lowest BCUT2D eigenvalue weighted by Gasteiger charge is -2.17. The van der Waals surface area contributed by atoms with Crippen molar-refractivity contribution in [1.29, 1.82) is 0 Å². The van der Waals surface area contributed by atoms with Gasteiger partial charge in [-0.25, -0.2) is 0 Å². The second-order valence-corrected chi connectivity index (χ2v) is 6.58. The van der Waals surface area contributed by atoms with E-state index in [0.717, 1.165) is 18.5 Å². The summed E-state index contributed by atoms with van der Waals surface area (Å²) in [7, 11) is 0. The first-order valence-corrected chi connectivity index (χ1v) is 8.65. The Morgan fingerprint density at radius 2 is 1.67 bits per heavy atom. The van der Waals surface area contributed by atoms with Gasteiger partial charge in [-0.3, -0.25) is 15.6 Å². The molecule has 1 aliphatic carbocycles. The number of hydrogen-bond acceptors (Lipinski definition) is 2. The van der Waals surface area contributed by atoms with Gasteiger partial charge in [-0.2, -0.15) is 0 Å². The molecule has 0 fully saturated rings. The quantitative estimate of drug-likeness (QED) is 0.563. The normalized spacial score (nSPS) is 12.9. The van der Waals surface area contributed by atoms with E-state index >= 15 is 0 Å². The number of carbonyl (C=O) groups excluding carboxylic acids is 1. The molecule has 2 aromatic carbocycles. The van der Waals surface area contributed by atoms with E-state index in [9.17, 15) is 4.79 Å². The minimum absolute atomic E-state index is 0.205. The summed E-state index contributed by atoms with van der Waals surface area (Å²) in [6.45, 7) is 0. The van der Waals surface area contributed by atoms with E-state index in [0.29, 0.717) is 15.7 Å². The SMILES string of the molecule is O=C(NNC(=S)Nc1ccc(Cl)cc1)c1ccc2c(c1)CCCC2. The number of rotatable bonds is 2. The lowest BCUT2D eigenvalue weighted by Crippen LogP contribution is -2.43. The summed E-state index contributed by atoms with van der Waals surface area (Å²) < 4.78 is 0. The Morgan fingerprint density at radius 3 is 2.42 bits per heavy atom. The maximum atomic E-state index is 12.3. The minimum atomic E-state index is -0.205. The van der Waals surface area contributed by atoms with Gasteiger partial charge < -0.3 is 5.32 Å². The van der Waals surface area contributed by atoms with Crippen LogP contribution < -0.4 is 16.2 Å². The molecule has 0 heterocycles. The van der Waals surface area contributed by atoms with Crippen molar-refractivity contribution in [2.45, 2.75) is 25.7 Å². The Hall–Kier alpha value is -2.11. The van der Waals surface area contributed by atoms with E-state index in [1.807, 2.05) is 30.3 Å². The zero-order valence-corrected chi connectivity index (χ0v) is 14.6. The highest BCUT2D eigenvalue weighted by atomic mass is 35.5. The lowest BCUT2D eigenvalue weighted by molar-refractivity contribution is 0.0944. The third-order valence-corrected chi connectivity index (χ3v) is 4.46. The molecule has 0 bridgehead atoms. The highest BCUT2D eigenvalue weighted by molar-refractivity contribution is 7.80. The van der Waals surface area contributed by atoms with Crippen molar-refractivity contribution in [3.8, 4) is 0 Å². The molecule has 1 aliphatic rings. The Labute approximate surface area is 151 Å². The maximum absolute atomic E-state index is 12.3. The molecule has 1 amide bonds. The topological polar surface area (TPSA) is 53.2 Å². The summed E-state index contributed by atoms with van der Waals surface area (Å²) in [5, 5.41) is 3.93. The zero-order chi connectivity index (χ0) is 16.9. The first-order valence-electron chi connectivity index (χ1n) is 7.86. The van der Waals surface area contributed by atoms with Gasteiger partial charge in [0, 0.05) is 16.3 Å². The fourth-order valence-electron chi connectivity index (χ4n) is 2.76. The van der Waals surface area contributed by atoms with Gasteiger partial charge >= 0.3 is 0 Å². The molecular formula is C18H18ClN3OS. The van der Waals surface area contributed by atoms with Crippen LogP contribution in [0, 0.1) is 0 Å². The van der Waals surface area contributed by atoms with Gasteiger partial charge in [0.2, 0.25) is 0 Å². The van der Waals surface area contributed by atoms with Crippen LogP contribution in [0.25, 0.3) is 0 Å². The lowest BCUT2D eigenvalue weighted by atomic mass is 9.90. The molecule has 0 spiro atoms. The minimum Gasteiger partial charge on any atom is -0.331 e. The molecule has 3 rings (SSSR count). The molecule has 3 N–H and O–H groups in total. The number of fused-ring (bicyclic) bond motifs is 1. The van der Waals surface area contributed by atoms with Crippen molar-refractivity contribution in [2.75, 3.05) is 5.32 Å². The van der Waals surface area contributed by atoms with Crippen molar-refractivity contribution < 1.29 is 4.79 Å². The van der Waals surface area contributed by atoms with Crippen LogP contribution in [0.1, 0.15) is 34.3 Å². The number of anilines is 1. The third kappa shape index (κ3) is 4.24. The van der Waals surface area contributed by atoms with Crippen molar-refractivity contribution in [2.24, 2.45) is 0 Å². The van der Waals surface area contributed by atoms with Crippen LogP contribution in [0.4, 0.5) is 5.69 Å². The number of halogens is 1. The van der Waals surface area contributed by atoms with Crippen LogP contribution in [0.5, 0.6) is 0 Å². The highest BCUT2D eigenvalue weighted by Gasteiger charge is 2.13. The van der Waals surface area contributed by atoms with E-state index in [1.165, 1.54) is 24.0 Å². The first-order chi connectivity index (χ1) is 11.6. The maximum Gasteiger partial charge on any atom is 0.269 e. The van der Waals surface area contributed by atoms with Crippen LogP contribution in [0.3, 0.4) is 0 Å². The number of carbonyl (C=O) groups is 1. The fraction of sp³-hybridized carbons (Fsp3) is 0.222. The van der Waals surface area contributed by atoms with Gasteiger partial charge in [-0.1, -0.05) is 17.7 Å². The summed E-state index contributed by atoms with van der Waals surface area (Å²) >= 11 is 11.0. The second kappa shape index (κ2) is 7.64. The predicted octanol–water partition coefficient (Wildman–Crippen LogP) is 3.85. The first kappa shape index (κ1) is 16.7. The molecule has 0 radical (unpaired) electrons. The summed E-state index contributed by atoms with van der Waals surface area (Å²) in [5.74, 6) is -0.205. The van der Waals surface area contributed by atoms with Crippen LogP contribution in [0.2, 0.25) is 5.02 Å². The van der Waals surface area contributed by atoms with Gasteiger partial charge in [0.25, 0.3) is 5.91 Å². The van der Waals surface area contributed by atoms with Gasteiger partial charge in [0.15, 0.2) is 5.11 Å². The zero-order valence-electron chi connectivity index (χ0n) is 13.1. The molecule has 24 heavy (non-hydrogen) atoms. The molecule has 0 atom stereocenters. The average molecular weight is 360 g/mol. The molecule has 6 heteroatoms. The van der Waals surface area contributed by atoms with Crippen molar-refractivity contribution >= 4 is 40.5 Å². The van der Waals surface area contributed by atoms with E-state index in [1.54, 1.807) is 12.1 Å². The fourth-order valence-corrected chi connectivity index (χ4v) is 3.05. The van der Waals surface area contributed by atoms with E-state index < -0.39 is 0 Å². The van der Waals surface area contributed by atoms with Crippen LogP contribution in [0.15, 0.2) is 42.5 Å². The molecule has 124 valence electrons. The molecule has 0 aromatic heterocycles. The molecule has 0 aliphatic heterocycles. The van der Waals surface area contributed by atoms with E-state index in [4.69, 9.17) is 23.8 Å². The molecular weight excluding hydrogens is 342 g/mol. The second-order valence-electron chi connectivity index (χ2n) is 5.73. The molecule has 2 aromatic rings. The summed E-state index contributed by atoms with van der Waals surface area (Å²) in [4.78, 5) is 12.3. The summed E-state index contributed by atoms with van der Waals surface area (Å²) in [5.41, 5.74) is 9.38. The predicted molar refractivity (Wildman–Crippen MR) is 101 cm³/mol. The molecule has 0 saturated carbocycles. The van der Waals surface area contributed by atoms with Crippen LogP contribution in [-0.2, 0) is 12.8 Å². The monoisotopic (exact) mass is 359 g/mol. The van der Waals surface area contributed by atoms with Crippen molar-refractivity contribution in [1.82, 2.24) is 10.9 Å². The highest BCUT2D eigenvalue weighted by Crippen LogP contribution is 2.22. The Morgan fingerprint density at radius 1 is 0.958 bits per heavy atom. The van der Waals surface area contributed by atoms with Crippen LogP contribution in [-0.4, -0.2) is 11.0 Å². The number of hydrogen-bond donors (Lipinski definition) is 3. The van der Waals surface area contributed by atoms with Gasteiger partial charge in [-0.05, 0) is 85.4 Å². The largest absolute Gasteiger partial charge is 0.331 e. The number of benzene rings is 2.